The summed E-state index contributed by atoms with van der Waals surface area (Å²) in [6.45, 7) is 0.406. The molecule has 0 fully saturated rings. The minimum absolute atomic E-state index is 0.126. The highest BCUT2D eigenvalue weighted by Crippen LogP contribution is 2.13. The molecule has 1 amide bonds. The topological polar surface area (TPSA) is 78.5 Å². The summed E-state index contributed by atoms with van der Waals surface area (Å²) in [5, 5.41) is 2.82. The maximum absolute atomic E-state index is 12.1. The number of nitrogens with one attached hydrogen (secondary N) is 2. The highest BCUT2D eigenvalue weighted by Gasteiger charge is 2.12. The van der Waals surface area contributed by atoms with E-state index in [0.717, 1.165) is 11.3 Å². The minimum Gasteiger partial charge on any atom is -0.378 e. The van der Waals surface area contributed by atoms with Crippen molar-refractivity contribution in [1.29, 1.82) is 0 Å². The molecule has 2 aromatic rings. The van der Waals surface area contributed by atoms with Crippen molar-refractivity contribution in [2.45, 2.75) is 11.4 Å². The highest BCUT2D eigenvalue weighted by molar-refractivity contribution is 7.89. The number of carbonyl (C=O) groups excluding carboxylic acids is 1. The van der Waals surface area contributed by atoms with Gasteiger partial charge in [0.25, 0.3) is 5.91 Å². The lowest BCUT2D eigenvalue weighted by Gasteiger charge is -2.13. The molecule has 0 unspecified atom stereocenters. The summed E-state index contributed by atoms with van der Waals surface area (Å²) in [4.78, 5) is 14.3. The standard InChI is InChI=1S/C17H21N3O3S/c1-18-24(22,23)16-10-6-14(7-11-16)17(21)19-12-13-4-8-15(9-5-13)20(2)3/h4-11,18H,12H2,1-3H3,(H,19,21). The summed E-state index contributed by atoms with van der Waals surface area (Å²) in [6, 6.07) is 13.7. The van der Waals surface area contributed by atoms with Crippen LogP contribution in [0.2, 0.25) is 0 Å². The van der Waals surface area contributed by atoms with Crippen LogP contribution in [0, 0.1) is 0 Å². The lowest BCUT2D eigenvalue weighted by Crippen LogP contribution is -2.23. The summed E-state index contributed by atoms with van der Waals surface area (Å²) in [7, 11) is 1.79. The van der Waals surface area contributed by atoms with Gasteiger partial charge in [-0.25, -0.2) is 13.1 Å². The Labute approximate surface area is 142 Å². The molecule has 2 rings (SSSR count). The number of rotatable bonds is 6. The van der Waals surface area contributed by atoms with E-state index < -0.39 is 10.0 Å². The SMILES string of the molecule is CNS(=O)(=O)c1ccc(C(=O)NCc2ccc(N(C)C)cc2)cc1. The fourth-order valence-corrected chi connectivity index (χ4v) is 2.83. The molecule has 2 N–H and O–H groups in total. The van der Waals surface area contributed by atoms with Gasteiger partial charge in [0.1, 0.15) is 0 Å². The molecule has 0 saturated carbocycles. The second kappa shape index (κ2) is 7.46. The van der Waals surface area contributed by atoms with Gasteiger partial charge in [0.15, 0.2) is 0 Å². The van der Waals surface area contributed by atoms with Crippen LogP contribution in [0.1, 0.15) is 15.9 Å². The summed E-state index contributed by atoms with van der Waals surface area (Å²) in [5.74, 6) is -0.250. The van der Waals surface area contributed by atoms with Crippen molar-refractivity contribution in [2.24, 2.45) is 0 Å². The fourth-order valence-electron chi connectivity index (χ4n) is 2.10. The quantitative estimate of drug-likeness (QED) is 0.832. The van der Waals surface area contributed by atoms with E-state index in [0.29, 0.717) is 12.1 Å². The first kappa shape index (κ1) is 18.0. The molecular formula is C17H21N3O3S. The number of benzene rings is 2. The van der Waals surface area contributed by atoms with Crippen molar-refractivity contribution in [3.8, 4) is 0 Å². The van der Waals surface area contributed by atoms with E-state index in [2.05, 4.69) is 10.0 Å². The number of nitrogens with zero attached hydrogens (tertiary/aromatic N) is 1. The first-order valence-electron chi connectivity index (χ1n) is 7.41. The maximum Gasteiger partial charge on any atom is 0.251 e. The van der Waals surface area contributed by atoms with Crippen LogP contribution in [0.5, 0.6) is 0 Å². The zero-order valence-electron chi connectivity index (χ0n) is 13.9. The zero-order chi connectivity index (χ0) is 17.7. The number of anilines is 1. The first-order chi connectivity index (χ1) is 11.3. The van der Waals surface area contributed by atoms with Crippen LogP contribution in [0.15, 0.2) is 53.4 Å². The Morgan fingerprint density at radius 2 is 1.58 bits per heavy atom. The molecule has 0 spiro atoms. The average molecular weight is 347 g/mol. The summed E-state index contributed by atoms with van der Waals surface area (Å²) in [5.41, 5.74) is 2.49. The number of amides is 1. The molecule has 0 aliphatic heterocycles. The maximum atomic E-state index is 12.1. The second-order valence-electron chi connectivity index (χ2n) is 5.48. The molecular weight excluding hydrogens is 326 g/mol. The van der Waals surface area contributed by atoms with Crippen molar-refractivity contribution in [2.75, 3.05) is 26.0 Å². The molecule has 0 atom stereocenters. The number of sulfonamides is 1. The van der Waals surface area contributed by atoms with Crippen molar-refractivity contribution in [1.82, 2.24) is 10.0 Å². The van der Waals surface area contributed by atoms with Crippen LogP contribution in [-0.4, -0.2) is 35.5 Å². The van der Waals surface area contributed by atoms with Gasteiger partial charge in [-0.15, -0.1) is 0 Å². The minimum atomic E-state index is -3.49. The monoisotopic (exact) mass is 347 g/mol. The average Bonchev–Trinajstić information content (AvgIpc) is 2.60. The Morgan fingerprint density at radius 3 is 2.08 bits per heavy atom. The van der Waals surface area contributed by atoms with Crippen molar-refractivity contribution < 1.29 is 13.2 Å². The molecule has 0 bridgehead atoms. The molecule has 7 heteroatoms. The molecule has 2 aromatic carbocycles. The molecule has 0 radical (unpaired) electrons. The molecule has 128 valence electrons. The predicted octanol–water partition coefficient (Wildman–Crippen LogP) is 1.59. The Bertz CT molecular complexity index is 798. The van der Waals surface area contributed by atoms with Crippen LogP contribution in [0.3, 0.4) is 0 Å². The summed E-state index contributed by atoms with van der Waals surface area (Å²) < 4.78 is 25.5. The van der Waals surface area contributed by atoms with Gasteiger partial charge in [-0.3, -0.25) is 4.79 Å². The van der Waals surface area contributed by atoms with Gasteiger partial charge < -0.3 is 10.2 Å². The zero-order valence-corrected chi connectivity index (χ0v) is 14.7. The number of carbonyl (C=O) groups is 1. The largest absolute Gasteiger partial charge is 0.378 e. The van der Waals surface area contributed by atoms with Crippen LogP contribution in [-0.2, 0) is 16.6 Å². The Hall–Kier alpha value is -2.38. The molecule has 24 heavy (non-hydrogen) atoms. The number of hydrogen-bond acceptors (Lipinski definition) is 4. The van der Waals surface area contributed by atoms with Gasteiger partial charge in [0.2, 0.25) is 10.0 Å². The molecule has 0 saturated heterocycles. The van der Waals surface area contributed by atoms with E-state index in [4.69, 9.17) is 0 Å². The Morgan fingerprint density at radius 1 is 1.00 bits per heavy atom. The van der Waals surface area contributed by atoms with E-state index in [-0.39, 0.29) is 10.8 Å². The van der Waals surface area contributed by atoms with Gasteiger partial charge in [-0.05, 0) is 49.0 Å². The summed E-state index contributed by atoms with van der Waals surface area (Å²) in [6.07, 6.45) is 0. The third-order valence-electron chi connectivity index (χ3n) is 3.60. The highest BCUT2D eigenvalue weighted by atomic mass is 32.2. The van der Waals surface area contributed by atoms with Gasteiger partial charge in [-0.2, -0.15) is 0 Å². The van der Waals surface area contributed by atoms with E-state index in [1.54, 1.807) is 0 Å². The van der Waals surface area contributed by atoms with Gasteiger partial charge >= 0.3 is 0 Å². The summed E-state index contributed by atoms with van der Waals surface area (Å²) >= 11 is 0. The van der Waals surface area contributed by atoms with Crippen molar-refractivity contribution in [3.05, 3.63) is 59.7 Å². The van der Waals surface area contributed by atoms with E-state index in [1.165, 1.54) is 31.3 Å². The number of hydrogen-bond donors (Lipinski definition) is 2. The van der Waals surface area contributed by atoms with E-state index in [9.17, 15) is 13.2 Å². The van der Waals surface area contributed by atoms with E-state index >= 15 is 0 Å². The van der Waals surface area contributed by atoms with Crippen LogP contribution < -0.4 is 14.9 Å². The fraction of sp³-hybridized carbons (Fsp3) is 0.235. The van der Waals surface area contributed by atoms with Crippen LogP contribution >= 0.6 is 0 Å². The molecule has 6 nitrogen and oxygen atoms in total. The van der Waals surface area contributed by atoms with Crippen LogP contribution in [0.4, 0.5) is 5.69 Å². The van der Waals surface area contributed by atoms with Gasteiger partial charge in [0.05, 0.1) is 4.90 Å². The molecule has 0 aromatic heterocycles. The predicted molar refractivity (Wildman–Crippen MR) is 94.6 cm³/mol. The van der Waals surface area contributed by atoms with Crippen molar-refractivity contribution >= 4 is 21.6 Å². The molecule has 0 heterocycles. The Kier molecular flexibility index (Phi) is 5.58. The van der Waals surface area contributed by atoms with E-state index in [1.807, 2.05) is 43.3 Å². The second-order valence-corrected chi connectivity index (χ2v) is 7.36. The lowest BCUT2D eigenvalue weighted by atomic mass is 10.2. The third kappa shape index (κ3) is 4.33. The molecule has 0 aliphatic rings. The lowest BCUT2D eigenvalue weighted by molar-refractivity contribution is 0.0951. The van der Waals surface area contributed by atoms with Gasteiger partial charge in [0, 0.05) is 31.9 Å². The van der Waals surface area contributed by atoms with Gasteiger partial charge in [-0.1, -0.05) is 12.1 Å². The molecule has 0 aliphatic carbocycles. The Balaban J connectivity index is 2.00. The normalized spacial score (nSPS) is 11.1. The first-order valence-corrected chi connectivity index (χ1v) is 8.90. The smallest absolute Gasteiger partial charge is 0.251 e. The third-order valence-corrected chi connectivity index (χ3v) is 5.03. The van der Waals surface area contributed by atoms with Crippen molar-refractivity contribution in [3.63, 3.8) is 0 Å². The van der Waals surface area contributed by atoms with Crippen LogP contribution in [0.25, 0.3) is 0 Å².